The van der Waals surface area contributed by atoms with Crippen molar-refractivity contribution in [3.05, 3.63) is 23.5 Å². The van der Waals surface area contributed by atoms with Gasteiger partial charge in [0.2, 0.25) is 0 Å². The highest BCUT2D eigenvalue weighted by Crippen LogP contribution is 2.31. The highest BCUT2D eigenvalue weighted by Gasteiger charge is 2.22. The average Bonchev–Trinajstić information content (AvgIpc) is 2.32. The maximum absolute atomic E-state index is 13.7. The second kappa shape index (κ2) is 6.50. The van der Waals surface area contributed by atoms with E-state index in [0.29, 0.717) is 11.3 Å². The molecule has 0 N–H and O–H groups in total. The predicted octanol–water partition coefficient (Wildman–Crippen LogP) is 5.51. The molecule has 2 nitrogen and oxygen atoms in total. The largest absolute Gasteiger partial charge is 0.432 e. The third kappa shape index (κ3) is 4.76. The highest BCUT2D eigenvalue weighted by atomic mass is 19.3. The van der Waals surface area contributed by atoms with Gasteiger partial charge in [0.25, 0.3) is 0 Å². The normalized spacial score (nSPS) is 14.5. The number of halogens is 3. The lowest BCUT2D eigenvalue weighted by molar-refractivity contribution is -0.0522. The van der Waals surface area contributed by atoms with Crippen LogP contribution in [0, 0.1) is 24.1 Å². The lowest BCUT2D eigenvalue weighted by atomic mass is 9.79. The first-order valence-electron chi connectivity index (χ1n) is 6.82. The summed E-state index contributed by atoms with van der Waals surface area (Å²) in [5.41, 5.74) is 1.93. The molecule has 5 heteroatoms. The molecule has 21 heavy (non-hydrogen) atoms. The predicted molar refractivity (Wildman–Crippen MR) is 79.2 cm³/mol. The molecule has 0 aliphatic heterocycles. The summed E-state index contributed by atoms with van der Waals surface area (Å²) in [4.78, 5) is 4.44. The lowest BCUT2D eigenvalue weighted by Crippen LogP contribution is -2.23. The topological polar surface area (TPSA) is 21.6 Å². The Morgan fingerprint density at radius 2 is 1.81 bits per heavy atom. The van der Waals surface area contributed by atoms with Crippen LogP contribution in [0.4, 0.5) is 18.9 Å². The van der Waals surface area contributed by atoms with E-state index >= 15 is 0 Å². The van der Waals surface area contributed by atoms with Crippen molar-refractivity contribution in [3.8, 4) is 5.75 Å². The molecule has 0 bridgehead atoms. The number of aryl methyl sites for hydroxylation is 1. The van der Waals surface area contributed by atoms with Gasteiger partial charge >= 0.3 is 6.61 Å². The van der Waals surface area contributed by atoms with Gasteiger partial charge in [-0.1, -0.05) is 27.7 Å². The molecule has 1 aromatic carbocycles. The highest BCUT2D eigenvalue weighted by molar-refractivity contribution is 5.87. The van der Waals surface area contributed by atoms with Crippen LogP contribution in [0.5, 0.6) is 5.75 Å². The number of aliphatic imine (C=N–C) groups is 1. The first-order chi connectivity index (χ1) is 9.52. The molecular formula is C16H22F3NO. The van der Waals surface area contributed by atoms with Crippen molar-refractivity contribution in [2.24, 2.45) is 16.3 Å². The zero-order valence-electron chi connectivity index (χ0n) is 13.3. The third-order valence-corrected chi connectivity index (χ3v) is 3.69. The van der Waals surface area contributed by atoms with Crippen molar-refractivity contribution in [3.63, 3.8) is 0 Å². The maximum atomic E-state index is 13.7. The first kappa shape index (κ1) is 17.5. The van der Waals surface area contributed by atoms with Crippen LogP contribution in [0.2, 0.25) is 0 Å². The number of benzene rings is 1. The second-order valence-electron chi connectivity index (χ2n) is 6.29. The molecule has 0 saturated carbocycles. The molecule has 0 aromatic heterocycles. The van der Waals surface area contributed by atoms with Gasteiger partial charge in [0.15, 0.2) is 11.6 Å². The number of nitrogens with zero attached hydrogens (tertiary/aromatic N) is 1. The zero-order valence-corrected chi connectivity index (χ0v) is 13.3. The quantitative estimate of drug-likeness (QED) is 0.672. The van der Waals surface area contributed by atoms with Crippen molar-refractivity contribution in [1.82, 2.24) is 0 Å². The van der Waals surface area contributed by atoms with Crippen LogP contribution in [0.15, 0.2) is 17.1 Å². The molecule has 1 rings (SSSR count). The number of alkyl halides is 2. The Labute approximate surface area is 124 Å². The van der Waals surface area contributed by atoms with Crippen molar-refractivity contribution in [1.29, 1.82) is 0 Å². The van der Waals surface area contributed by atoms with Gasteiger partial charge in [-0.15, -0.1) is 0 Å². The van der Waals surface area contributed by atoms with E-state index in [2.05, 4.69) is 37.4 Å². The van der Waals surface area contributed by atoms with Crippen LogP contribution in [0.25, 0.3) is 0 Å². The SMILES string of the molecule is CC(=Nc1cc(F)c(OC(F)F)cc1C)C(C)C(C)(C)C. The summed E-state index contributed by atoms with van der Waals surface area (Å²) in [6.45, 7) is 8.88. The van der Waals surface area contributed by atoms with Gasteiger partial charge in [-0.3, -0.25) is 4.99 Å². The van der Waals surface area contributed by atoms with Crippen molar-refractivity contribution in [2.45, 2.75) is 48.2 Å². The molecule has 1 atom stereocenters. The van der Waals surface area contributed by atoms with Gasteiger partial charge in [0.05, 0.1) is 5.69 Å². The van der Waals surface area contributed by atoms with Gasteiger partial charge in [-0.2, -0.15) is 8.78 Å². The fourth-order valence-electron chi connectivity index (χ4n) is 1.86. The van der Waals surface area contributed by atoms with E-state index < -0.39 is 18.2 Å². The minimum atomic E-state index is -3.05. The molecule has 0 aliphatic rings. The summed E-state index contributed by atoms with van der Waals surface area (Å²) in [5.74, 6) is -1.09. The van der Waals surface area contributed by atoms with Crippen molar-refractivity contribution < 1.29 is 17.9 Å². The lowest BCUT2D eigenvalue weighted by Gasteiger charge is -2.27. The molecule has 0 amide bonds. The Hall–Kier alpha value is -1.52. The van der Waals surface area contributed by atoms with Crippen molar-refractivity contribution >= 4 is 11.4 Å². The molecule has 1 aromatic rings. The fraction of sp³-hybridized carbons (Fsp3) is 0.562. The van der Waals surface area contributed by atoms with Crippen LogP contribution in [-0.2, 0) is 0 Å². The van der Waals surface area contributed by atoms with Crippen LogP contribution in [-0.4, -0.2) is 12.3 Å². The first-order valence-corrected chi connectivity index (χ1v) is 6.82. The fourth-order valence-corrected chi connectivity index (χ4v) is 1.86. The molecule has 0 heterocycles. The molecule has 118 valence electrons. The summed E-state index contributed by atoms with van der Waals surface area (Å²) in [6, 6.07) is 2.38. The van der Waals surface area contributed by atoms with Gasteiger partial charge in [-0.25, -0.2) is 4.39 Å². The Kier molecular flexibility index (Phi) is 5.42. The average molecular weight is 301 g/mol. The van der Waals surface area contributed by atoms with E-state index in [1.807, 2.05) is 6.92 Å². The van der Waals surface area contributed by atoms with Crippen molar-refractivity contribution in [2.75, 3.05) is 0 Å². The van der Waals surface area contributed by atoms with Gasteiger partial charge in [-0.05, 0) is 36.8 Å². The molecule has 0 spiro atoms. The number of ether oxygens (including phenoxy) is 1. The van der Waals surface area contributed by atoms with Crippen LogP contribution in [0.3, 0.4) is 0 Å². The standard InChI is InChI=1S/C16H22F3NO/c1-9-7-14(21-15(18)19)12(17)8-13(9)20-11(3)10(2)16(4,5)6/h7-8,10,15H,1-6H3. The van der Waals surface area contributed by atoms with Gasteiger partial charge in [0, 0.05) is 11.8 Å². The summed E-state index contributed by atoms with van der Waals surface area (Å²) in [5, 5.41) is 0. The minimum absolute atomic E-state index is 0.0404. The van der Waals surface area contributed by atoms with E-state index in [4.69, 9.17) is 0 Å². The van der Waals surface area contributed by atoms with Crippen LogP contribution < -0.4 is 4.74 Å². The molecule has 1 unspecified atom stereocenters. The zero-order chi connectivity index (χ0) is 16.4. The number of hydrogen-bond donors (Lipinski definition) is 0. The molecule has 0 saturated heterocycles. The molecule has 0 aliphatic carbocycles. The summed E-state index contributed by atoms with van der Waals surface area (Å²) in [6.07, 6.45) is 0. The second-order valence-corrected chi connectivity index (χ2v) is 6.29. The van der Waals surface area contributed by atoms with E-state index in [9.17, 15) is 13.2 Å². The molecular weight excluding hydrogens is 279 g/mol. The monoisotopic (exact) mass is 301 g/mol. The Morgan fingerprint density at radius 1 is 1.24 bits per heavy atom. The Morgan fingerprint density at radius 3 is 2.29 bits per heavy atom. The molecule has 0 radical (unpaired) electrons. The Bertz CT molecular complexity index is 533. The smallest absolute Gasteiger partial charge is 0.387 e. The minimum Gasteiger partial charge on any atom is -0.432 e. The summed E-state index contributed by atoms with van der Waals surface area (Å²) >= 11 is 0. The number of hydrogen-bond acceptors (Lipinski definition) is 2. The van der Waals surface area contributed by atoms with Gasteiger partial charge < -0.3 is 4.74 Å². The third-order valence-electron chi connectivity index (χ3n) is 3.69. The van der Waals surface area contributed by atoms with Crippen LogP contribution >= 0.6 is 0 Å². The number of rotatable bonds is 4. The van der Waals surface area contributed by atoms with E-state index in [1.54, 1.807) is 6.92 Å². The van der Waals surface area contributed by atoms with E-state index in [-0.39, 0.29) is 11.3 Å². The maximum Gasteiger partial charge on any atom is 0.387 e. The Balaban J connectivity index is 3.13. The van der Waals surface area contributed by atoms with E-state index in [1.165, 1.54) is 6.07 Å². The summed E-state index contributed by atoms with van der Waals surface area (Å²) < 4.78 is 42.2. The van der Waals surface area contributed by atoms with Crippen LogP contribution in [0.1, 0.15) is 40.2 Å². The molecule has 0 fully saturated rings. The van der Waals surface area contributed by atoms with Gasteiger partial charge in [0.1, 0.15) is 0 Å². The summed E-state index contributed by atoms with van der Waals surface area (Å²) in [7, 11) is 0. The van der Waals surface area contributed by atoms with E-state index in [0.717, 1.165) is 11.8 Å².